The van der Waals surface area contributed by atoms with Gasteiger partial charge in [0.15, 0.2) is 0 Å². The molecule has 0 aromatic heterocycles. The molecule has 0 amide bonds. The fraction of sp³-hybridized carbons (Fsp3) is 0.0526. The topological polar surface area (TPSA) is 0 Å². The van der Waals surface area contributed by atoms with Gasteiger partial charge in [0.1, 0.15) is 0 Å². The van der Waals surface area contributed by atoms with Gasteiger partial charge in [-0.2, -0.15) is 0 Å². The van der Waals surface area contributed by atoms with Crippen LogP contribution in [-0.2, 0) is 0 Å². The van der Waals surface area contributed by atoms with Crippen LogP contribution in [0, 0.1) is 0 Å². The molecule has 2 aromatic rings. The third-order valence-corrected chi connectivity index (χ3v) is 3.57. The molecule has 0 aliphatic rings. The molecule has 0 radical (unpaired) electrons. The summed E-state index contributed by atoms with van der Waals surface area (Å²) in [6, 6.07) is 18.2. The van der Waals surface area contributed by atoms with Crippen molar-refractivity contribution in [3.05, 3.63) is 108 Å². The van der Waals surface area contributed by atoms with Crippen LogP contribution in [0.3, 0.4) is 0 Å². The van der Waals surface area contributed by atoms with Crippen molar-refractivity contribution in [1.29, 1.82) is 0 Å². The highest BCUT2D eigenvalue weighted by Gasteiger charge is 2.18. The lowest BCUT2D eigenvalue weighted by Crippen LogP contribution is -2.04. The van der Waals surface area contributed by atoms with Crippen LogP contribution in [0.15, 0.2) is 91.6 Å². The molecular formula is C19H17Cl. The van der Waals surface area contributed by atoms with E-state index >= 15 is 0 Å². The number of hydrogen-bond acceptors (Lipinski definition) is 0. The van der Waals surface area contributed by atoms with Gasteiger partial charge in [-0.15, -0.1) is 0 Å². The number of rotatable bonds is 5. The van der Waals surface area contributed by atoms with Gasteiger partial charge in [0.05, 0.1) is 0 Å². The summed E-state index contributed by atoms with van der Waals surface area (Å²) in [5.41, 5.74) is 3.35. The molecule has 0 N–H and O–H groups in total. The van der Waals surface area contributed by atoms with Crippen LogP contribution in [0.4, 0.5) is 0 Å². The average molecular weight is 281 g/mol. The maximum absolute atomic E-state index is 6.38. The molecule has 0 nitrogen and oxygen atoms in total. The van der Waals surface area contributed by atoms with E-state index in [2.05, 4.69) is 31.4 Å². The van der Waals surface area contributed by atoms with Crippen molar-refractivity contribution in [3.63, 3.8) is 0 Å². The first-order valence-corrected chi connectivity index (χ1v) is 6.90. The highest BCUT2D eigenvalue weighted by Crippen LogP contribution is 2.36. The zero-order valence-corrected chi connectivity index (χ0v) is 12.1. The minimum absolute atomic E-state index is 0.0698. The molecule has 0 fully saturated rings. The van der Waals surface area contributed by atoms with Crippen molar-refractivity contribution in [2.45, 2.75) is 5.92 Å². The Labute approximate surface area is 125 Å². The predicted octanol–water partition coefficient (Wildman–Crippen LogP) is 5.77. The SMILES string of the molecule is C=C/C=C(\C=C)C(c1ccccc1)c1ccccc1Cl. The van der Waals surface area contributed by atoms with Gasteiger partial charge in [-0.1, -0.05) is 91.5 Å². The van der Waals surface area contributed by atoms with Crippen molar-refractivity contribution in [2.75, 3.05) is 0 Å². The molecule has 0 aliphatic heterocycles. The van der Waals surface area contributed by atoms with Crippen molar-refractivity contribution >= 4 is 11.6 Å². The number of halogens is 1. The molecule has 1 atom stereocenters. The van der Waals surface area contributed by atoms with Crippen LogP contribution in [0.25, 0.3) is 0 Å². The standard InChI is InChI=1S/C19H17Cl/c1-3-10-15(4-2)19(16-11-6-5-7-12-16)17-13-8-9-14-18(17)20/h3-14,19H,1-2H2/b15-10+. The first-order valence-electron chi connectivity index (χ1n) is 6.52. The summed E-state index contributed by atoms with van der Waals surface area (Å²) in [6.07, 6.45) is 5.63. The normalized spacial score (nSPS) is 12.8. The lowest BCUT2D eigenvalue weighted by atomic mass is 9.84. The molecule has 0 heterocycles. The molecule has 0 spiro atoms. The Kier molecular flexibility index (Phi) is 4.97. The van der Waals surface area contributed by atoms with Crippen LogP contribution >= 0.6 is 11.6 Å². The van der Waals surface area contributed by atoms with E-state index in [1.54, 1.807) is 6.08 Å². The summed E-state index contributed by atoms with van der Waals surface area (Å²) in [5, 5.41) is 0.762. The summed E-state index contributed by atoms with van der Waals surface area (Å²) in [6.45, 7) is 7.71. The Morgan fingerprint density at radius 1 is 0.950 bits per heavy atom. The second-order valence-corrected chi connectivity index (χ2v) is 4.88. The monoisotopic (exact) mass is 280 g/mol. The Bertz CT molecular complexity index is 623. The van der Waals surface area contributed by atoms with Gasteiger partial charge in [0.25, 0.3) is 0 Å². The van der Waals surface area contributed by atoms with Gasteiger partial charge in [0.2, 0.25) is 0 Å². The second-order valence-electron chi connectivity index (χ2n) is 4.47. The largest absolute Gasteiger partial charge is 0.0991 e. The minimum atomic E-state index is 0.0698. The van der Waals surface area contributed by atoms with Gasteiger partial charge < -0.3 is 0 Å². The van der Waals surface area contributed by atoms with Crippen LogP contribution < -0.4 is 0 Å². The van der Waals surface area contributed by atoms with E-state index in [0.717, 1.165) is 16.2 Å². The Morgan fingerprint density at radius 2 is 1.60 bits per heavy atom. The predicted molar refractivity (Wildman–Crippen MR) is 88.2 cm³/mol. The fourth-order valence-corrected chi connectivity index (χ4v) is 2.57. The summed E-state index contributed by atoms with van der Waals surface area (Å²) in [4.78, 5) is 0. The van der Waals surface area contributed by atoms with Crippen molar-refractivity contribution in [1.82, 2.24) is 0 Å². The zero-order chi connectivity index (χ0) is 14.4. The highest BCUT2D eigenvalue weighted by atomic mass is 35.5. The van der Waals surface area contributed by atoms with Gasteiger partial charge in [0, 0.05) is 10.9 Å². The number of allylic oxidation sites excluding steroid dienone is 4. The van der Waals surface area contributed by atoms with Crippen molar-refractivity contribution in [3.8, 4) is 0 Å². The molecular weight excluding hydrogens is 264 g/mol. The van der Waals surface area contributed by atoms with Crippen LogP contribution in [0.1, 0.15) is 17.0 Å². The molecule has 0 saturated heterocycles. The summed E-state index contributed by atoms with van der Waals surface area (Å²) < 4.78 is 0. The first kappa shape index (κ1) is 14.4. The van der Waals surface area contributed by atoms with E-state index in [1.165, 1.54) is 5.56 Å². The number of benzene rings is 2. The van der Waals surface area contributed by atoms with Crippen LogP contribution in [0.5, 0.6) is 0 Å². The zero-order valence-electron chi connectivity index (χ0n) is 11.3. The maximum atomic E-state index is 6.38. The van der Waals surface area contributed by atoms with Crippen LogP contribution in [0.2, 0.25) is 5.02 Å². The molecule has 20 heavy (non-hydrogen) atoms. The third kappa shape index (κ3) is 3.09. The summed E-state index contributed by atoms with van der Waals surface area (Å²) in [7, 11) is 0. The Morgan fingerprint density at radius 3 is 2.20 bits per heavy atom. The van der Waals surface area contributed by atoms with E-state index in [-0.39, 0.29) is 5.92 Å². The first-order chi connectivity index (χ1) is 9.77. The lowest BCUT2D eigenvalue weighted by Gasteiger charge is -2.20. The number of hydrogen-bond donors (Lipinski definition) is 0. The molecule has 100 valence electrons. The third-order valence-electron chi connectivity index (χ3n) is 3.23. The van der Waals surface area contributed by atoms with Gasteiger partial charge in [-0.05, 0) is 22.8 Å². The molecule has 0 bridgehead atoms. The van der Waals surface area contributed by atoms with Gasteiger partial charge >= 0.3 is 0 Å². The van der Waals surface area contributed by atoms with Gasteiger partial charge in [-0.25, -0.2) is 0 Å². The average Bonchev–Trinajstić information content (AvgIpc) is 2.49. The lowest BCUT2D eigenvalue weighted by molar-refractivity contribution is 0.978. The fourth-order valence-electron chi connectivity index (χ4n) is 2.32. The Balaban J connectivity index is 2.62. The van der Waals surface area contributed by atoms with Gasteiger partial charge in [-0.3, -0.25) is 0 Å². The van der Waals surface area contributed by atoms with E-state index in [0.29, 0.717) is 0 Å². The molecule has 2 rings (SSSR count). The molecule has 0 aliphatic carbocycles. The van der Waals surface area contributed by atoms with E-state index < -0.39 is 0 Å². The Hall–Kier alpha value is -2.05. The smallest absolute Gasteiger partial charge is 0.0447 e. The molecule has 2 aromatic carbocycles. The van der Waals surface area contributed by atoms with E-state index in [4.69, 9.17) is 11.6 Å². The quantitative estimate of drug-likeness (QED) is 0.610. The van der Waals surface area contributed by atoms with Crippen LogP contribution in [-0.4, -0.2) is 0 Å². The van der Waals surface area contributed by atoms with E-state index in [9.17, 15) is 0 Å². The highest BCUT2D eigenvalue weighted by molar-refractivity contribution is 6.31. The second kappa shape index (κ2) is 6.93. The molecule has 1 heteroatoms. The molecule has 1 unspecified atom stereocenters. The summed E-state index contributed by atoms with van der Waals surface area (Å²) in [5.74, 6) is 0.0698. The van der Waals surface area contributed by atoms with E-state index in [1.807, 2.05) is 48.6 Å². The summed E-state index contributed by atoms with van der Waals surface area (Å²) >= 11 is 6.38. The minimum Gasteiger partial charge on any atom is -0.0991 e. The van der Waals surface area contributed by atoms with Crippen molar-refractivity contribution in [2.24, 2.45) is 0 Å². The molecule has 0 saturated carbocycles. The van der Waals surface area contributed by atoms with Crippen molar-refractivity contribution < 1.29 is 0 Å². The maximum Gasteiger partial charge on any atom is 0.0447 e.